The Morgan fingerprint density at radius 3 is 2.65 bits per heavy atom. The van der Waals surface area contributed by atoms with Gasteiger partial charge in [-0.1, -0.05) is 18.2 Å². The lowest BCUT2D eigenvalue weighted by Gasteiger charge is -2.10. The van der Waals surface area contributed by atoms with E-state index in [1.165, 1.54) is 6.07 Å². The third kappa shape index (κ3) is 2.38. The molecule has 1 N–H and O–H groups in total. The summed E-state index contributed by atoms with van der Waals surface area (Å²) in [6.07, 6.45) is 0. The van der Waals surface area contributed by atoms with E-state index >= 15 is 0 Å². The van der Waals surface area contributed by atoms with Crippen LogP contribution >= 0.6 is 15.9 Å². The molecule has 20 heavy (non-hydrogen) atoms. The number of aromatic nitrogens is 2. The minimum atomic E-state index is -2.88. The van der Waals surface area contributed by atoms with E-state index in [0.29, 0.717) is 15.9 Å². The Balaban J connectivity index is 2.17. The van der Waals surface area contributed by atoms with Gasteiger partial charge in [-0.15, -0.1) is 0 Å². The van der Waals surface area contributed by atoms with Crippen molar-refractivity contribution in [2.24, 2.45) is 0 Å². The fourth-order valence-electron chi connectivity index (χ4n) is 2.00. The maximum Gasteiger partial charge on any atom is 0.387 e. The van der Waals surface area contributed by atoms with Crippen molar-refractivity contribution in [2.45, 2.75) is 6.61 Å². The average molecular weight is 339 g/mol. The number of para-hydroxylation sites is 2. The van der Waals surface area contributed by atoms with Gasteiger partial charge in [-0.3, -0.25) is 0 Å². The molecular formula is C14H9BrF2N2O. The standard InChI is InChI=1S/C14H9BrF2N2O/c15-8-4-3-7-11(20-14(16)17)12(8)13-18-9-5-1-2-6-10(9)19-13/h1-7,14H,(H,18,19). The van der Waals surface area contributed by atoms with Gasteiger partial charge in [0.05, 0.1) is 16.6 Å². The highest BCUT2D eigenvalue weighted by Gasteiger charge is 2.17. The van der Waals surface area contributed by atoms with E-state index in [0.717, 1.165) is 11.0 Å². The number of fused-ring (bicyclic) bond motifs is 1. The molecule has 3 nitrogen and oxygen atoms in total. The van der Waals surface area contributed by atoms with Crippen molar-refractivity contribution in [3.05, 3.63) is 46.9 Å². The molecule has 0 bridgehead atoms. The first kappa shape index (κ1) is 13.1. The number of benzene rings is 2. The molecule has 0 aliphatic heterocycles. The summed E-state index contributed by atoms with van der Waals surface area (Å²) in [4.78, 5) is 7.50. The molecule has 0 unspecified atom stereocenters. The molecule has 0 amide bonds. The van der Waals surface area contributed by atoms with Crippen LogP contribution in [0.5, 0.6) is 5.75 Å². The van der Waals surface area contributed by atoms with Crippen molar-refractivity contribution >= 4 is 27.0 Å². The second kappa shape index (κ2) is 5.20. The van der Waals surface area contributed by atoms with Crippen molar-refractivity contribution in [1.82, 2.24) is 9.97 Å². The summed E-state index contributed by atoms with van der Waals surface area (Å²) < 4.78 is 30.2. The smallest absolute Gasteiger partial charge is 0.387 e. The fourth-order valence-corrected chi connectivity index (χ4v) is 2.54. The molecular weight excluding hydrogens is 330 g/mol. The average Bonchev–Trinajstić information content (AvgIpc) is 2.81. The summed E-state index contributed by atoms with van der Waals surface area (Å²) >= 11 is 3.35. The van der Waals surface area contributed by atoms with Crippen LogP contribution in [0.2, 0.25) is 0 Å². The largest absolute Gasteiger partial charge is 0.434 e. The molecule has 1 heterocycles. The molecule has 6 heteroatoms. The van der Waals surface area contributed by atoms with Crippen molar-refractivity contribution in [1.29, 1.82) is 0 Å². The van der Waals surface area contributed by atoms with E-state index in [9.17, 15) is 8.78 Å². The normalized spacial score (nSPS) is 11.2. The highest BCUT2D eigenvalue weighted by atomic mass is 79.9. The minimum absolute atomic E-state index is 0.0773. The first-order chi connectivity index (χ1) is 9.65. The summed E-state index contributed by atoms with van der Waals surface area (Å²) in [5.74, 6) is 0.558. The molecule has 0 fully saturated rings. The van der Waals surface area contributed by atoms with Crippen LogP contribution < -0.4 is 4.74 Å². The molecule has 1 aromatic heterocycles. The molecule has 0 aliphatic rings. The molecule has 3 aromatic rings. The quantitative estimate of drug-likeness (QED) is 0.758. The summed E-state index contributed by atoms with van der Waals surface area (Å²) in [6, 6.07) is 12.3. The van der Waals surface area contributed by atoms with E-state index in [2.05, 4.69) is 30.6 Å². The van der Waals surface area contributed by atoms with E-state index in [1.54, 1.807) is 12.1 Å². The van der Waals surface area contributed by atoms with Gasteiger partial charge in [0, 0.05) is 4.47 Å². The Bertz CT molecular complexity index is 725. The summed E-state index contributed by atoms with van der Waals surface area (Å²) in [5, 5.41) is 0. The fraction of sp³-hybridized carbons (Fsp3) is 0.0714. The zero-order chi connectivity index (χ0) is 14.1. The maximum absolute atomic E-state index is 12.5. The molecule has 102 valence electrons. The van der Waals surface area contributed by atoms with Gasteiger partial charge in [0.25, 0.3) is 0 Å². The van der Waals surface area contributed by atoms with Crippen LogP contribution in [-0.4, -0.2) is 16.6 Å². The predicted octanol–water partition coefficient (Wildman–Crippen LogP) is 4.59. The van der Waals surface area contributed by atoms with Crippen LogP contribution in [0, 0.1) is 0 Å². The van der Waals surface area contributed by atoms with Gasteiger partial charge in [-0.2, -0.15) is 8.78 Å². The second-order valence-electron chi connectivity index (χ2n) is 4.09. The minimum Gasteiger partial charge on any atom is -0.434 e. The van der Waals surface area contributed by atoms with Gasteiger partial charge in [0.15, 0.2) is 0 Å². The second-order valence-corrected chi connectivity index (χ2v) is 4.95. The number of hydrogen-bond acceptors (Lipinski definition) is 2. The van der Waals surface area contributed by atoms with Gasteiger partial charge >= 0.3 is 6.61 Å². The van der Waals surface area contributed by atoms with Gasteiger partial charge in [-0.05, 0) is 40.2 Å². The number of ether oxygens (including phenoxy) is 1. The number of halogens is 3. The SMILES string of the molecule is FC(F)Oc1cccc(Br)c1-c1nc2ccccc2[nH]1. The van der Waals surface area contributed by atoms with Crippen molar-refractivity contribution < 1.29 is 13.5 Å². The topological polar surface area (TPSA) is 37.9 Å². The first-order valence-electron chi connectivity index (χ1n) is 5.83. The van der Waals surface area contributed by atoms with E-state index in [1.807, 2.05) is 24.3 Å². The first-order valence-corrected chi connectivity index (χ1v) is 6.63. The van der Waals surface area contributed by atoms with E-state index in [4.69, 9.17) is 0 Å². The molecule has 0 aliphatic carbocycles. The Morgan fingerprint density at radius 1 is 1.10 bits per heavy atom. The van der Waals surface area contributed by atoms with E-state index in [-0.39, 0.29) is 5.75 Å². The maximum atomic E-state index is 12.5. The number of H-pyrrole nitrogens is 1. The Morgan fingerprint density at radius 2 is 1.90 bits per heavy atom. The molecule has 2 aromatic carbocycles. The van der Waals surface area contributed by atoms with Crippen LogP contribution in [0.1, 0.15) is 0 Å². The van der Waals surface area contributed by atoms with E-state index < -0.39 is 6.61 Å². The van der Waals surface area contributed by atoms with Gasteiger partial charge in [0.2, 0.25) is 0 Å². The van der Waals surface area contributed by atoms with Crippen molar-refractivity contribution in [3.63, 3.8) is 0 Å². The molecule has 0 radical (unpaired) electrons. The summed E-state index contributed by atoms with van der Waals surface area (Å²) in [7, 11) is 0. The summed E-state index contributed by atoms with van der Waals surface area (Å²) in [5.41, 5.74) is 2.08. The molecule has 0 saturated heterocycles. The number of alkyl halides is 2. The third-order valence-electron chi connectivity index (χ3n) is 2.82. The number of hydrogen-bond donors (Lipinski definition) is 1. The number of imidazole rings is 1. The number of nitrogens with one attached hydrogen (secondary N) is 1. The highest BCUT2D eigenvalue weighted by molar-refractivity contribution is 9.10. The lowest BCUT2D eigenvalue weighted by atomic mass is 10.2. The Kier molecular flexibility index (Phi) is 3.40. The third-order valence-corrected chi connectivity index (χ3v) is 3.48. The van der Waals surface area contributed by atoms with Crippen LogP contribution in [-0.2, 0) is 0 Å². The zero-order valence-corrected chi connectivity index (χ0v) is 11.7. The van der Waals surface area contributed by atoms with Crippen LogP contribution in [0.3, 0.4) is 0 Å². The van der Waals surface area contributed by atoms with Crippen LogP contribution in [0.15, 0.2) is 46.9 Å². The monoisotopic (exact) mass is 338 g/mol. The van der Waals surface area contributed by atoms with Crippen molar-refractivity contribution in [2.75, 3.05) is 0 Å². The van der Waals surface area contributed by atoms with Crippen molar-refractivity contribution in [3.8, 4) is 17.1 Å². The van der Waals surface area contributed by atoms with Gasteiger partial charge < -0.3 is 9.72 Å². The zero-order valence-electron chi connectivity index (χ0n) is 10.1. The Labute approximate surface area is 121 Å². The number of rotatable bonds is 3. The van der Waals surface area contributed by atoms with Crippen LogP contribution in [0.25, 0.3) is 22.4 Å². The lowest BCUT2D eigenvalue weighted by molar-refractivity contribution is -0.0495. The highest BCUT2D eigenvalue weighted by Crippen LogP contribution is 2.36. The van der Waals surface area contributed by atoms with Gasteiger partial charge in [-0.25, -0.2) is 4.98 Å². The molecule has 0 spiro atoms. The molecule has 0 saturated carbocycles. The molecule has 3 rings (SSSR count). The lowest BCUT2D eigenvalue weighted by Crippen LogP contribution is -2.03. The predicted molar refractivity (Wildman–Crippen MR) is 75.9 cm³/mol. The summed E-state index contributed by atoms with van der Waals surface area (Å²) in [6.45, 7) is -2.88. The van der Waals surface area contributed by atoms with Gasteiger partial charge in [0.1, 0.15) is 11.6 Å². The molecule has 0 atom stereocenters. The number of nitrogens with zero attached hydrogens (tertiary/aromatic N) is 1. The number of aromatic amines is 1. The van der Waals surface area contributed by atoms with Crippen LogP contribution in [0.4, 0.5) is 8.78 Å². The Hall–Kier alpha value is -1.95.